The first-order valence-electron chi connectivity index (χ1n) is 6.00. The van der Waals surface area contributed by atoms with Crippen LogP contribution in [0.2, 0.25) is 0 Å². The maximum atomic E-state index is 5.72. The van der Waals surface area contributed by atoms with Crippen molar-refractivity contribution in [1.82, 2.24) is 15.0 Å². The third-order valence-electron chi connectivity index (χ3n) is 2.70. The van der Waals surface area contributed by atoms with Gasteiger partial charge in [-0.3, -0.25) is 0 Å². The lowest BCUT2D eigenvalue weighted by molar-refractivity contribution is 1.24. The molecule has 3 aromatic rings. The predicted molar refractivity (Wildman–Crippen MR) is 84.6 cm³/mol. The Morgan fingerprint density at radius 3 is 2.70 bits per heavy atom. The second kappa shape index (κ2) is 5.18. The van der Waals surface area contributed by atoms with Crippen molar-refractivity contribution in [3.8, 4) is 10.6 Å². The number of anilines is 3. The molecule has 0 radical (unpaired) electrons. The monoisotopic (exact) mass is 303 g/mol. The van der Waals surface area contributed by atoms with Gasteiger partial charge in [-0.1, -0.05) is 17.4 Å². The van der Waals surface area contributed by atoms with Crippen LogP contribution in [0.3, 0.4) is 0 Å². The molecule has 0 fully saturated rings. The summed E-state index contributed by atoms with van der Waals surface area (Å²) < 4.78 is 0. The van der Waals surface area contributed by atoms with Crippen molar-refractivity contribution in [3.05, 3.63) is 35.0 Å². The number of hydrogen-bond acceptors (Lipinski definition) is 7. The third kappa shape index (κ3) is 2.63. The molecular weight excluding hydrogens is 290 g/mol. The van der Waals surface area contributed by atoms with Crippen molar-refractivity contribution in [2.75, 3.05) is 11.1 Å². The molecule has 0 saturated carbocycles. The largest absolute Gasteiger partial charge is 0.375 e. The van der Waals surface area contributed by atoms with Crippen LogP contribution in [0, 0.1) is 13.8 Å². The number of nitrogens with zero attached hydrogens (tertiary/aromatic N) is 3. The van der Waals surface area contributed by atoms with E-state index in [0.29, 0.717) is 5.13 Å². The SMILES string of the molecule is Cc1ccc(Nc2nc(-c3sc(N)nc3C)cs2)nc1. The van der Waals surface area contributed by atoms with Gasteiger partial charge < -0.3 is 11.1 Å². The van der Waals surface area contributed by atoms with E-state index in [2.05, 4.69) is 20.3 Å². The Morgan fingerprint density at radius 1 is 1.20 bits per heavy atom. The number of thiazole rings is 2. The summed E-state index contributed by atoms with van der Waals surface area (Å²) in [6.07, 6.45) is 1.82. The zero-order valence-electron chi connectivity index (χ0n) is 11.0. The molecule has 0 aliphatic rings. The Balaban J connectivity index is 1.83. The highest BCUT2D eigenvalue weighted by atomic mass is 32.1. The molecule has 5 nitrogen and oxygen atoms in total. The van der Waals surface area contributed by atoms with E-state index in [4.69, 9.17) is 5.73 Å². The first-order chi connectivity index (χ1) is 9.61. The standard InChI is InChI=1S/C13H13N5S2/c1-7-3-4-10(15-5-7)18-13-17-9(6-19-13)11-8(2)16-12(14)20-11/h3-6H,1-2H3,(H2,14,16)(H,15,17,18). The minimum absolute atomic E-state index is 0.570. The summed E-state index contributed by atoms with van der Waals surface area (Å²) in [6.45, 7) is 3.95. The van der Waals surface area contributed by atoms with Gasteiger partial charge in [0.05, 0.1) is 16.3 Å². The van der Waals surface area contributed by atoms with Crippen LogP contribution in [0.1, 0.15) is 11.3 Å². The van der Waals surface area contributed by atoms with Gasteiger partial charge in [0.1, 0.15) is 5.82 Å². The lowest BCUT2D eigenvalue weighted by Crippen LogP contribution is -1.92. The fraction of sp³-hybridized carbons (Fsp3) is 0.154. The molecule has 0 spiro atoms. The summed E-state index contributed by atoms with van der Waals surface area (Å²) in [5.41, 5.74) is 8.66. The van der Waals surface area contributed by atoms with Gasteiger partial charge in [-0.25, -0.2) is 15.0 Å². The van der Waals surface area contributed by atoms with Crippen molar-refractivity contribution in [1.29, 1.82) is 0 Å². The molecule has 20 heavy (non-hydrogen) atoms. The Hall–Kier alpha value is -1.99. The van der Waals surface area contributed by atoms with E-state index in [0.717, 1.165) is 32.8 Å². The second-order valence-electron chi connectivity index (χ2n) is 4.35. The fourth-order valence-electron chi connectivity index (χ4n) is 1.74. The molecule has 7 heteroatoms. The van der Waals surface area contributed by atoms with Gasteiger partial charge in [0.25, 0.3) is 0 Å². The van der Waals surface area contributed by atoms with E-state index in [1.807, 2.05) is 37.6 Å². The molecule has 3 rings (SSSR count). The number of hydrogen-bond donors (Lipinski definition) is 2. The molecule has 0 atom stereocenters. The van der Waals surface area contributed by atoms with Crippen LogP contribution in [0.5, 0.6) is 0 Å². The average molecular weight is 303 g/mol. The van der Waals surface area contributed by atoms with Gasteiger partial charge in [0.15, 0.2) is 10.3 Å². The number of aryl methyl sites for hydroxylation is 2. The van der Waals surface area contributed by atoms with Crippen LogP contribution >= 0.6 is 22.7 Å². The van der Waals surface area contributed by atoms with Crippen molar-refractivity contribution >= 4 is 38.8 Å². The van der Waals surface area contributed by atoms with Crippen LogP contribution in [0.15, 0.2) is 23.7 Å². The summed E-state index contributed by atoms with van der Waals surface area (Å²) in [5.74, 6) is 0.789. The molecule has 3 heterocycles. The Bertz CT molecular complexity index is 730. The number of nitrogens with one attached hydrogen (secondary N) is 1. The van der Waals surface area contributed by atoms with Crippen molar-refractivity contribution in [3.63, 3.8) is 0 Å². The van der Waals surface area contributed by atoms with Crippen molar-refractivity contribution in [2.24, 2.45) is 0 Å². The summed E-state index contributed by atoms with van der Waals surface area (Å²) in [7, 11) is 0. The molecule has 0 aromatic carbocycles. The molecule has 0 amide bonds. The fourth-order valence-corrected chi connectivity index (χ4v) is 3.32. The topological polar surface area (TPSA) is 76.7 Å². The highest BCUT2D eigenvalue weighted by Gasteiger charge is 2.12. The van der Waals surface area contributed by atoms with E-state index >= 15 is 0 Å². The van der Waals surface area contributed by atoms with Gasteiger partial charge in [0, 0.05) is 11.6 Å². The number of nitrogens with two attached hydrogens (primary N) is 1. The van der Waals surface area contributed by atoms with Crippen molar-refractivity contribution < 1.29 is 0 Å². The van der Waals surface area contributed by atoms with E-state index in [9.17, 15) is 0 Å². The van der Waals surface area contributed by atoms with Gasteiger partial charge >= 0.3 is 0 Å². The minimum Gasteiger partial charge on any atom is -0.375 e. The molecule has 0 aliphatic heterocycles. The lowest BCUT2D eigenvalue weighted by atomic mass is 10.3. The number of nitrogen functional groups attached to an aromatic ring is 1. The van der Waals surface area contributed by atoms with Gasteiger partial charge in [-0.05, 0) is 25.5 Å². The average Bonchev–Trinajstić information content (AvgIpc) is 2.99. The number of pyridine rings is 1. The molecule has 102 valence electrons. The van der Waals surface area contributed by atoms with Crippen LogP contribution in [-0.4, -0.2) is 15.0 Å². The Labute approximate surface area is 124 Å². The summed E-state index contributed by atoms with van der Waals surface area (Å²) in [5, 5.41) is 6.57. The van der Waals surface area contributed by atoms with Crippen LogP contribution in [-0.2, 0) is 0 Å². The quantitative estimate of drug-likeness (QED) is 0.773. The zero-order valence-corrected chi connectivity index (χ0v) is 12.7. The zero-order chi connectivity index (χ0) is 14.1. The lowest BCUT2D eigenvalue weighted by Gasteiger charge is -2.01. The number of aromatic nitrogens is 3. The molecule has 0 aliphatic carbocycles. The van der Waals surface area contributed by atoms with E-state index in [-0.39, 0.29) is 0 Å². The smallest absolute Gasteiger partial charge is 0.188 e. The first-order valence-corrected chi connectivity index (χ1v) is 7.70. The first kappa shape index (κ1) is 13.0. The maximum absolute atomic E-state index is 5.72. The van der Waals surface area contributed by atoms with E-state index < -0.39 is 0 Å². The summed E-state index contributed by atoms with van der Waals surface area (Å²) in [4.78, 5) is 14.1. The van der Waals surface area contributed by atoms with Gasteiger partial charge in [0.2, 0.25) is 0 Å². The molecule has 0 saturated heterocycles. The molecule has 0 unspecified atom stereocenters. The molecule has 3 aromatic heterocycles. The van der Waals surface area contributed by atoms with Gasteiger partial charge in [-0.2, -0.15) is 0 Å². The summed E-state index contributed by atoms with van der Waals surface area (Å²) >= 11 is 2.99. The Morgan fingerprint density at radius 2 is 2.05 bits per heavy atom. The van der Waals surface area contributed by atoms with Crippen LogP contribution in [0.4, 0.5) is 16.1 Å². The highest BCUT2D eigenvalue weighted by molar-refractivity contribution is 7.19. The van der Waals surface area contributed by atoms with E-state index in [1.54, 1.807) is 0 Å². The van der Waals surface area contributed by atoms with E-state index in [1.165, 1.54) is 22.7 Å². The predicted octanol–water partition coefficient (Wildman–Crippen LogP) is 3.60. The molecule has 0 bridgehead atoms. The van der Waals surface area contributed by atoms with Gasteiger partial charge in [-0.15, -0.1) is 11.3 Å². The third-order valence-corrected chi connectivity index (χ3v) is 4.46. The maximum Gasteiger partial charge on any atom is 0.188 e. The highest BCUT2D eigenvalue weighted by Crippen LogP contribution is 2.33. The normalized spacial score (nSPS) is 10.7. The minimum atomic E-state index is 0.570. The molecule has 3 N–H and O–H groups in total. The van der Waals surface area contributed by atoms with Crippen LogP contribution in [0.25, 0.3) is 10.6 Å². The second-order valence-corrected chi connectivity index (χ2v) is 6.24. The summed E-state index contributed by atoms with van der Waals surface area (Å²) in [6, 6.07) is 3.95. The van der Waals surface area contributed by atoms with Crippen molar-refractivity contribution in [2.45, 2.75) is 13.8 Å². The molecular formula is C13H13N5S2. The Kier molecular flexibility index (Phi) is 3.37. The van der Waals surface area contributed by atoms with Crippen LogP contribution < -0.4 is 11.1 Å². The number of rotatable bonds is 3.